The molecule has 1 N–H and O–H groups in total. The first-order valence-corrected chi connectivity index (χ1v) is 13.7. The quantitative estimate of drug-likeness (QED) is 0.589. The number of nitrogens with zero attached hydrogens (tertiary/aromatic N) is 4. The van der Waals surface area contributed by atoms with Gasteiger partial charge in [-0.25, -0.2) is 13.8 Å². The number of nitrogens with one attached hydrogen (secondary N) is 1. The number of amides is 1. The summed E-state index contributed by atoms with van der Waals surface area (Å²) in [5.41, 5.74) is 2.04. The largest absolute Gasteiger partial charge is 0.466 e. The van der Waals surface area contributed by atoms with Crippen LogP contribution in [0.3, 0.4) is 0 Å². The fraction of sp³-hybridized carbons (Fsp3) is 0.720. The second-order valence-corrected chi connectivity index (χ2v) is 11.5. The van der Waals surface area contributed by atoms with Crippen LogP contribution in [0, 0.1) is 5.92 Å². The zero-order valence-corrected chi connectivity index (χ0v) is 21.2. The van der Waals surface area contributed by atoms with Crippen LogP contribution in [0.25, 0.3) is 0 Å². The molecule has 1 aliphatic heterocycles. The number of rotatable bonds is 8. The van der Waals surface area contributed by atoms with Crippen LogP contribution in [0.4, 0.5) is 8.78 Å². The third-order valence-electron chi connectivity index (χ3n) is 7.59. The van der Waals surface area contributed by atoms with Gasteiger partial charge in [-0.2, -0.15) is 5.10 Å². The highest BCUT2D eigenvalue weighted by molar-refractivity contribution is 7.13. The maximum atomic E-state index is 13.0. The van der Waals surface area contributed by atoms with Crippen molar-refractivity contribution < 1.29 is 18.3 Å². The lowest BCUT2D eigenvalue weighted by atomic mass is 9.84. The average Bonchev–Trinajstić information content (AvgIpc) is 3.32. The molecule has 2 aliphatic carbocycles. The number of alkyl halides is 2. The maximum Gasteiger partial charge on any atom is 0.273 e. The molecular formula is C25H35F2N5O2S. The van der Waals surface area contributed by atoms with Gasteiger partial charge in [0.05, 0.1) is 18.3 Å². The molecule has 2 aromatic rings. The number of ether oxygens (including phenoxy) is 1. The third kappa shape index (κ3) is 6.58. The molecule has 3 heterocycles. The summed E-state index contributed by atoms with van der Waals surface area (Å²) < 4.78 is 33.5. The van der Waals surface area contributed by atoms with Crippen molar-refractivity contribution in [2.75, 3.05) is 19.6 Å². The monoisotopic (exact) mass is 507 g/mol. The number of carbonyl (C=O) groups is 1. The molecule has 0 atom stereocenters. The van der Waals surface area contributed by atoms with Crippen molar-refractivity contribution in [3.8, 4) is 5.19 Å². The highest BCUT2D eigenvalue weighted by atomic mass is 32.1. The first-order chi connectivity index (χ1) is 16.8. The summed E-state index contributed by atoms with van der Waals surface area (Å²) in [6.45, 7) is 3.09. The smallest absolute Gasteiger partial charge is 0.273 e. The van der Waals surface area contributed by atoms with Gasteiger partial charge in [0.25, 0.3) is 11.1 Å². The van der Waals surface area contributed by atoms with E-state index in [1.54, 1.807) is 10.9 Å². The molecule has 0 saturated heterocycles. The van der Waals surface area contributed by atoms with Crippen LogP contribution in [0.2, 0.25) is 0 Å². The lowest BCUT2D eigenvalue weighted by molar-refractivity contribution is -0.134. The molecule has 0 spiro atoms. The van der Waals surface area contributed by atoms with Gasteiger partial charge in [-0.15, -0.1) is 0 Å². The van der Waals surface area contributed by atoms with Crippen molar-refractivity contribution >= 4 is 17.2 Å². The van der Waals surface area contributed by atoms with Crippen LogP contribution in [0.1, 0.15) is 61.1 Å². The van der Waals surface area contributed by atoms with Crippen LogP contribution in [-0.4, -0.2) is 63.3 Å². The minimum atomic E-state index is -2.56. The van der Waals surface area contributed by atoms with Crippen LogP contribution in [-0.2, 0) is 31.1 Å². The second-order valence-electron chi connectivity index (χ2n) is 10.5. The number of hydrogen-bond acceptors (Lipinski definition) is 6. The minimum absolute atomic E-state index is 0.0891. The van der Waals surface area contributed by atoms with Crippen molar-refractivity contribution in [2.24, 2.45) is 13.0 Å². The van der Waals surface area contributed by atoms with Crippen molar-refractivity contribution in [1.29, 1.82) is 0 Å². The number of halogens is 2. The highest BCUT2D eigenvalue weighted by Gasteiger charge is 2.47. The van der Waals surface area contributed by atoms with E-state index in [9.17, 15) is 13.6 Å². The summed E-state index contributed by atoms with van der Waals surface area (Å²) in [5.74, 6) is -1.75. The Bertz CT molecular complexity index is 984. The average molecular weight is 508 g/mol. The van der Waals surface area contributed by atoms with Gasteiger partial charge in [0, 0.05) is 56.5 Å². The summed E-state index contributed by atoms with van der Waals surface area (Å²) in [4.78, 5) is 20.7. The van der Waals surface area contributed by atoms with Gasteiger partial charge in [0.15, 0.2) is 0 Å². The molecule has 0 bridgehead atoms. The Balaban J connectivity index is 0.987. The number of hydrogen-bond donors (Lipinski definition) is 1. The van der Waals surface area contributed by atoms with Gasteiger partial charge < -0.3 is 15.0 Å². The van der Waals surface area contributed by atoms with E-state index in [2.05, 4.69) is 20.3 Å². The summed E-state index contributed by atoms with van der Waals surface area (Å²) in [6.07, 6.45) is 10.8. The minimum Gasteiger partial charge on any atom is -0.466 e. The van der Waals surface area contributed by atoms with Crippen LogP contribution >= 0.6 is 11.3 Å². The Morgan fingerprint density at radius 3 is 2.71 bits per heavy atom. The number of aromatic nitrogens is 3. The predicted molar refractivity (Wildman–Crippen MR) is 130 cm³/mol. The Morgan fingerprint density at radius 1 is 1.23 bits per heavy atom. The number of fused-ring (bicyclic) bond motifs is 1. The number of carbonyl (C=O) groups excluding carboxylic acids is 1. The molecule has 192 valence electrons. The summed E-state index contributed by atoms with van der Waals surface area (Å²) in [5, 5.41) is 7.89. The van der Waals surface area contributed by atoms with E-state index in [-0.39, 0.29) is 24.9 Å². The van der Waals surface area contributed by atoms with E-state index in [1.807, 2.05) is 13.2 Å². The van der Waals surface area contributed by atoms with Crippen molar-refractivity contribution in [1.82, 2.24) is 25.0 Å². The fourth-order valence-electron chi connectivity index (χ4n) is 5.48. The van der Waals surface area contributed by atoms with Gasteiger partial charge in [-0.05, 0) is 56.6 Å². The first kappa shape index (κ1) is 24.6. The Hall–Kier alpha value is -2.07. The SMILES string of the molecule is Cn1cc(CC(=O)N[C@H]2CC[C@H](CCN3CCc4nc(OC5CC(F)(F)C5)sc4CC3)CC2)cn1. The van der Waals surface area contributed by atoms with Gasteiger partial charge in [-0.1, -0.05) is 11.3 Å². The molecule has 2 aromatic heterocycles. The van der Waals surface area contributed by atoms with Crippen molar-refractivity contribution in [3.63, 3.8) is 0 Å². The van der Waals surface area contributed by atoms with Crippen LogP contribution in [0.5, 0.6) is 5.19 Å². The van der Waals surface area contributed by atoms with E-state index in [0.717, 1.165) is 62.5 Å². The normalized spacial score (nSPS) is 24.9. The third-order valence-corrected chi connectivity index (χ3v) is 8.64. The summed E-state index contributed by atoms with van der Waals surface area (Å²) in [6, 6.07) is 0.290. The molecule has 0 radical (unpaired) electrons. The van der Waals surface area contributed by atoms with Crippen LogP contribution in [0.15, 0.2) is 12.4 Å². The predicted octanol–water partition coefficient (Wildman–Crippen LogP) is 3.76. The molecule has 5 rings (SSSR count). The maximum absolute atomic E-state index is 13.0. The summed E-state index contributed by atoms with van der Waals surface area (Å²) >= 11 is 1.54. The first-order valence-electron chi connectivity index (χ1n) is 12.8. The molecule has 7 nitrogen and oxygen atoms in total. The molecule has 10 heteroatoms. The molecule has 35 heavy (non-hydrogen) atoms. The van der Waals surface area contributed by atoms with E-state index in [1.165, 1.54) is 35.5 Å². The Morgan fingerprint density at radius 2 is 2.00 bits per heavy atom. The van der Waals surface area contributed by atoms with Gasteiger partial charge in [0.1, 0.15) is 6.10 Å². The fourth-order valence-corrected chi connectivity index (χ4v) is 6.49. The Labute approximate surface area is 209 Å². The van der Waals surface area contributed by atoms with E-state index in [4.69, 9.17) is 4.74 Å². The highest BCUT2D eigenvalue weighted by Crippen LogP contribution is 2.41. The lowest BCUT2D eigenvalue weighted by Gasteiger charge is -2.33. The summed E-state index contributed by atoms with van der Waals surface area (Å²) in [7, 11) is 1.86. The van der Waals surface area contributed by atoms with Crippen LogP contribution < -0.4 is 10.1 Å². The number of thiazole rings is 1. The van der Waals surface area contributed by atoms with Gasteiger partial charge >= 0.3 is 0 Å². The standard InChI is InChI=1S/C25H35F2N5O2S/c1-31-16-18(15-28-31)12-23(33)29-19-4-2-17(3-5-19)6-9-32-10-7-21-22(8-11-32)35-24(30-21)34-20-13-25(26,27)14-20/h15-17,19-20H,2-14H2,1H3,(H,29,33)/t17-,19-. The zero-order chi connectivity index (χ0) is 24.4. The molecule has 1 amide bonds. The van der Waals surface area contributed by atoms with Gasteiger partial charge in [0.2, 0.25) is 5.91 Å². The molecule has 0 aromatic carbocycles. The molecule has 0 unspecified atom stereocenters. The lowest BCUT2D eigenvalue weighted by Crippen LogP contribution is -2.43. The Kier molecular flexibility index (Phi) is 7.39. The van der Waals surface area contributed by atoms with E-state index >= 15 is 0 Å². The molecule has 2 fully saturated rings. The van der Waals surface area contributed by atoms with Crippen molar-refractivity contribution in [2.45, 2.75) is 82.3 Å². The van der Waals surface area contributed by atoms with Gasteiger partial charge in [-0.3, -0.25) is 9.48 Å². The topological polar surface area (TPSA) is 72.3 Å². The molecule has 3 aliphatic rings. The van der Waals surface area contributed by atoms with Crippen molar-refractivity contribution in [3.05, 3.63) is 28.5 Å². The zero-order valence-electron chi connectivity index (χ0n) is 20.3. The molecule has 2 saturated carbocycles. The molecular weight excluding hydrogens is 472 g/mol. The van der Waals surface area contributed by atoms with E-state index < -0.39 is 5.92 Å². The van der Waals surface area contributed by atoms with E-state index in [0.29, 0.717) is 17.7 Å². The number of aryl methyl sites for hydroxylation is 1. The second kappa shape index (κ2) is 10.5.